The Balaban J connectivity index is 1.50. The van der Waals surface area contributed by atoms with E-state index >= 15 is 0 Å². The van der Waals surface area contributed by atoms with Gasteiger partial charge in [0.05, 0.1) is 12.1 Å². The molecular weight excluding hydrogens is 344 g/mol. The van der Waals surface area contributed by atoms with Crippen LogP contribution in [-0.2, 0) is 16.1 Å². The van der Waals surface area contributed by atoms with Crippen LogP contribution in [0.25, 0.3) is 0 Å². The fourth-order valence-electron chi connectivity index (χ4n) is 3.27. The maximum atomic E-state index is 12.3. The molecule has 0 bridgehead atoms. The third kappa shape index (κ3) is 5.64. The highest BCUT2D eigenvalue weighted by atomic mass is 16.5. The lowest BCUT2D eigenvalue weighted by Gasteiger charge is -2.19. The molecule has 1 heterocycles. The van der Waals surface area contributed by atoms with Crippen LogP contribution in [0.5, 0.6) is 0 Å². The number of carbonyl (C=O) groups excluding carboxylic acids is 2. The van der Waals surface area contributed by atoms with Crippen molar-refractivity contribution in [1.29, 1.82) is 0 Å². The van der Waals surface area contributed by atoms with Gasteiger partial charge < -0.3 is 10.1 Å². The zero-order valence-corrected chi connectivity index (χ0v) is 15.6. The first-order chi connectivity index (χ1) is 13.1. The Morgan fingerprint density at radius 2 is 1.89 bits per heavy atom. The van der Waals surface area contributed by atoms with E-state index in [1.54, 1.807) is 30.1 Å². The monoisotopic (exact) mass is 370 g/mol. The van der Waals surface area contributed by atoms with Crippen molar-refractivity contribution in [3.63, 3.8) is 0 Å². The summed E-state index contributed by atoms with van der Waals surface area (Å²) in [5.74, 6) is -0.719. The van der Waals surface area contributed by atoms with Gasteiger partial charge in [-0.2, -0.15) is 5.10 Å². The van der Waals surface area contributed by atoms with Gasteiger partial charge in [0.1, 0.15) is 12.7 Å². The highest BCUT2D eigenvalue weighted by Gasteiger charge is 2.22. The molecule has 1 aliphatic rings. The second-order valence-corrected chi connectivity index (χ2v) is 7.03. The molecule has 7 heteroatoms. The molecule has 0 radical (unpaired) electrons. The molecule has 7 nitrogen and oxygen atoms in total. The van der Waals surface area contributed by atoms with Crippen molar-refractivity contribution >= 4 is 11.9 Å². The summed E-state index contributed by atoms with van der Waals surface area (Å²) in [6.45, 7) is 2.19. The number of amides is 1. The fourth-order valence-corrected chi connectivity index (χ4v) is 3.27. The summed E-state index contributed by atoms with van der Waals surface area (Å²) in [5.41, 5.74) is 1.42. The van der Waals surface area contributed by atoms with Crippen molar-refractivity contribution in [3.8, 4) is 0 Å². The van der Waals surface area contributed by atoms with Gasteiger partial charge in [-0.3, -0.25) is 4.79 Å². The Kier molecular flexibility index (Phi) is 6.57. The van der Waals surface area contributed by atoms with Crippen LogP contribution in [0.2, 0.25) is 0 Å². The van der Waals surface area contributed by atoms with E-state index in [9.17, 15) is 9.59 Å². The number of ether oxygens (including phenoxy) is 1. The van der Waals surface area contributed by atoms with E-state index in [2.05, 4.69) is 15.4 Å². The number of nitrogens with one attached hydrogen (secondary N) is 1. The average Bonchev–Trinajstić information content (AvgIpc) is 3.04. The SMILES string of the molecule is CC(OC(=O)c1ccc(Cn2cncn2)cc1)C(=O)NC1CCCCCC1. The lowest BCUT2D eigenvalue weighted by molar-refractivity contribution is -0.129. The summed E-state index contributed by atoms with van der Waals surface area (Å²) >= 11 is 0. The van der Waals surface area contributed by atoms with E-state index in [-0.39, 0.29) is 11.9 Å². The van der Waals surface area contributed by atoms with Crippen LogP contribution in [0.4, 0.5) is 0 Å². The number of esters is 1. The average molecular weight is 370 g/mol. The predicted molar refractivity (Wildman–Crippen MR) is 100 cm³/mol. The molecule has 0 saturated heterocycles. The van der Waals surface area contributed by atoms with E-state index < -0.39 is 12.1 Å². The fraction of sp³-hybridized carbons (Fsp3) is 0.500. The number of hydrogen-bond acceptors (Lipinski definition) is 5. The Morgan fingerprint density at radius 1 is 1.19 bits per heavy atom. The Morgan fingerprint density at radius 3 is 2.52 bits per heavy atom. The summed E-state index contributed by atoms with van der Waals surface area (Å²) in [4.78, 5) is 28.5. The number of rotatable bonds is 6. The smallest absolute Gasteiger partial charge is 0.338 e. The highest BCUT2D eigenvalue weighted by Crippen LogP contribution is 2.17. The molecule has 1 atom stereocenters. The van der Waals surface area contributed by atoms with Crippen LogP contribution in [0.15, 0.2) is 36.9 Å². The molecule has 144 valence electrons. The van der Waals surface area contributed by atoms with Gasteiger partial charge >= 0.3 is 5.97 Å². The number of hydrogen-bond donors (Lipinski definition) is 1. The quantitative estimate of drug-likeness (QED) is 0.624. The minimum Gasteiger partial charge on any atom is -0.449 e. The first-order valence-corrected chi connectivity index (χ1v) is 9.54. The lowest BCUT2D eigenvalue weighted by atomic mass is 10.1. The van der Waals surface area contributed by atoms with E-state index in [0.29, 0.717) is 12.1 Å². The van der Waals surface area contributed by atoms with Crippen molar-refractivity contribution in [2.75, 3.05) is 0 Å². The molecule has 3 rings (SSSR count). The molecule has 0 spiro atoms. The third-order valence-electron chi connectivity index (χ3n) is 4.86. The maximum Gasteiger partial charge on any atom is 0.338 e. The van der Waals surface area contributed by atoms with Gasteiger partial charge in [-0.25, -0.2) is 14.5 Å². The van der Waals surface area contributed by atoms with Crippen molar-refractivity contribution in [2.45, 2.75) is 64.1 Å². The summed E-state index contributed by atoms with van der Waals surface area (Å²) in [5, 5.41) is 7.07. The minimum atomic E-state index is -0.810. The van der Waals surface area contributed by atoms with E-state index in [4.69, 9.17) is 4.74 Å². The van der Waals surface area contributed by atoms with E-state index in [0.717, 1.165) is 31.2 Å². The maximum absolute atomic E-state index is 12.3. The van der Waals surface area contributed by atoms with Crippen molar-refractivity contribution in [3.05, 3.63) is 48.0 Å². The lowest BCUT2D eigenvalue weighted by Crippen LogP contribution is -2.41. The molecule has 1 fully saturated rings. The first-order valence-electron chi connectivity index (χ1n) is 9.54. The van der Waals surface area contributed by atoms with Crippen LogP contribution in [0.1, 0.15) is 61.4 Å². The summed E-state index contributed by atoms with van der Waals surface area (Å²) in [6.07, 6.45) is 9.03. The Labute approximate surface area is 159 Å². The summed E-state index contributed by atoms with van der Waals surface area (Å²) in [6, 6.07) is 7.27. The zero-order chi connectivity index (χ0) is 19.1. The molecule has 2 aromatic rings. The molecule has 1 aliphatic carbocycles. The molecule has 1 aromatic heterocycles. The largest absolute Gasteiger partial charge is 0.449 e. The zero-order valence-electron chi connectivity index (χ0n) is 15.6. The van der Waals surface area contributed by atoms with Gasteiger partial charge in [-0.05, 0) is 37.5 Å². The van der Waals surface area contributed by atoms with Crippen LogP contribution in [0, 0.1) is 0 Å². The Bertz CT molecular complexity index is 735. The normalized spacial score (nSPS) is 16.3. The highest BCUT2D eigenvalue weighted by molar-refractivity contribution is 5.92. The number of carbonyl (C=O) groups is 2. The van der Waals surface area contributed by atoms with E-state index in [1.165, 1.54) is 19.2 Å². The molecule has 1 unspecified atom stereocenters. The van der Waals surface area contributed by atoms with Crippen molar-refractivity contribution in [1.82, 2.24) is 20.1 Å². The summed E-state index contributed by atoms with van der Waals surface area (Å²) < 4.78 is 7.04. The van der Waals surface area contributed by atoms with Gasteiger partial charge in [0, 0.05) is 6.04 Å². The number of aromatic nitrogens is 3. The first kappa shape index (κ1) is 19.1. The van der Waals surface area contributed by atoms with Crippen LogP contribution < -0.4 is 5.32 Å². The second-order valence-electron chi connectivity index (χ2n) is 7.03. The molecule has 1 aromatic carbocycles. The van der Waals surface area contributed by atoms with Crippen LogP contribution >= 0.6 is 0 Å². The van der Waals surface area contributed by atoms with E-state index in [1.807, 2.05) is 12.1 Å². The molecule has 1 amide bonds. The van der Waals surface area contributed by atoms with Crippen molar-refractivity contribution < 1.29 is 14.3 Å². The molecular formula is C20H26N4O3. The molecule has 1 N–H and O–H groups in total. The molecule has 0 aliphatic heterocycles. The Hall–Kier alpha value is -2.70. The third-order valence-corrected chi connectivity index (χ3v) is 4.86. The molecule has 27 heavy (non-hydrogen) atoms. The topological polar surface area (TPSA) is 86.1 Å². The van der Waals surface area contributed by atoms with Crippen LogP contribution in [-0.4, -0.2) is 38.8 Å². The van der Waals surface area contributed by atoms with Gasteiger partial charge in [0.25, 0.3) is 5.91 Å². The molecule has 1 saturated carbocycles. The van der Waals surface area contributed by atoms with Gasteiger partial charge in [0.2, 0.25) is 0 Å². The van der Waals surface area contributed by atoms with Gasteiger partial charge in [-0.15, -0.1) is 0 Å². The standard InChI is InChI=1S/C20H26N4O3/c1-15(19(25)23-18-6-4-2-3-5-7-18)27-20(26)17-10-8-16(9-11-17)12-24-14-21-13-22-24/h8-11,13-15,18H,2-7,12H2,1H3,(H,23,25). The minimum absolute atomic E-state index is 0.192. The van der Waals surface area contributed by atoms with Gasteiger partial charge in [-0.1, -0.05) is 37.8 Å². The van der Waals surface area contributed by atoms with Gasteiger partial charge in [0.15, 0.2) is 6.10 Å². The number of nitrogens with zero attached hydrogens (tertiary/aromatic N) is 3. The van der Waals surface area contributed by atoms with Crippen molar-refractivity contribution in [2.24, 2.45) is 0 Å². The summed E-state index contributed by atoms with van der Waals surface area (Å²) in [7, 11) is 0. The number of benzene rings is 1. The predicted octanol–water partition coefficient (Wildman–Crippen LogP) is 2.71. The second kappa shape index (κ2) is 9.30. The van der Waals surface area contributed by atoms with Crippen LogP contribution in [0.3, 0.4) is 0 Å².